The number of para-hydroxylation sites is 1. The summed E-state index contributed by atoms with van der Waals surface area (Å²) in [6.07, 6.45) is 0. The lowest BCUT2D eigenvalue weighted by atomic mass is 10.2. The fraction of sp³-hybridized carbons (Fsp3) is 0. The van der Waals surface area contributed by atoms with Gasteiger partial charge in [-0.2, -0.15) is 0 Å². The van der Waals surface area contributed by atoms with Crippen LogP contribution in [0, 0.1) is 0 Å². The van der Waals surface area contributed by atoms with Gasteiger partial charge in [0.25, 0.3) is 0 Å². The van der Waals surface area contributed by atoms with E-state index in [4.69, 9.17) is 16.2 Å². The van der Waals surface area contributed by atoms with Crippen molar-refractivity contribution in [3.63, 3.8) is 0 Å². The number of nitrogens with two attached hydrogens (primary N) is 2. The summed E-state index contributed by atoms with van der Waals surface area (Å²) >= 11 is 0. The molecule has 6 heteroatoms. The molecule has 0 aromatic heterocycles. The van der Waals surface area contributed by atoms with Crippen molar-refractivity contribution in [2.45, 2.75) is 9.79 Å². The Hall–Kier alpha value is -2.99. The van der Waals surface area contributed by atoms with Gasteiger partial charge in [0, 0.05) is 0 Å². The lowest BCUT2D eigenvalue weighted by Gasteiger charge is -2.15. The van der Waals surface area contributed by atoms with E-state index < -0.39 is 9.84 Å². The molecule has 0 spiro atoms. The van der Waals surface area contributed by atoms with Crippen molar-refractivity contribution in [1.82, 2.24) is 0 Å². The molecule has 0 aliphatic heterocycles. The van der Waals surface area contributed by atoms with Gasteiger partial charge in [-0.1, -0.05) is 36.4 Å². The largest absolute Gasteiger partial charge is 0.454 e. The molecule has 4 N–H and O–H groups in total. The van der Waals surface area contributed by atoms with Gasteiger partial charge in [-0.3, -0.25) is 0 Å². The average Bonchev–Trinajstić information content (AvgIpc) is 2.60. The van der Waals surface area contributed by atoms with Crippen LogP contribution in [0.5, 0.6) is 11.5 Å². The SMILES string of the molecule is Nc1ccc(S(=O)(=O)c2ccccc2)c(Oc2ccccc2)c1N. The molecule has 0 saturated carbocycles. The minimum Gasteiger partial charge on any atom is -0.454 e. The molecule has 0 aliphatic rings. The second-order valence-corrected chi connectivity index (χ2v) is 7.05. The summed E-state index contributed by atoms with van der Waals surface area (Å²) in [5, 5.41) is 0. The molecule has 24 heavy (non-hydrogen) atoms. The fourth-order valence-electron chi connectivity index (χ4n) is 2.24. The number of rotatable bonds is 4. The number of hydrogen-bond donors (Lipinski definition) is 2. The second-order valence-electron chi connectivity index (χ2n) is 5.13. The van der Waals surface area contributed by atoms with E-state index in [9.17, 15) is 8.42 Å². The van der Waals surface area contributed by atoms with E-state index in [0.29, 0.717) is 5.75 Å². The Kier molecular flexibility index (Phi) is 4.14. The summed E-state index contributed by atoms with van der Waals surface area (Å²) in [6.45, 7) is 0. The molecule has 0 saturated heterocycles. The fourth-order valence-corrected chi connectivity index (χ4v) is 3.66. The minimum atomic E-state index is -3.79. The summed E-state index contributed by atoms with van der Waals surface area (Å²) < 4.78 is 31.6. The number of nitrogen functional groups attached to an aromatic ring is 2. The van der Waals surface area contributed by atoms with Crippen molar-refractivity contribution < 1.29 is 13.2 Å². The molecular weight excluding hydrogens is 324 g/mol. The minimum absolute atomic E-state index is 0.0238. The average molecular weight is 340 g/mol. The van der Waals surface area contributed by atoms with Gasteiger partial charge in [-0.05, 0) is 36.4 Å². The number of benzene rings is 3. The van der Waals surface area contributed by atoms with Crippen LogP contribution >= 0.6 is 0 Å². The third-order valence-corrected chi connectivity index (χ3v) is 5.29. The first-order valence-electron chi connectivity index (χ1n) is 7.21. The predicted molar refractivity (Wildman–Crippen MR) is 93.7 cm³/mol. The van der Waals surface area contributed by atoms with E-state index >= 15 is 0 Å². The number of sulfone groups is 1. The Morgan fingerprint density at radius 2 is 1.33 bits per heavy atom. The first-order valence-corrected chi connectivity index (χ1v) is 8.69. The number of anilines is 2. The normalized spacial score (nSPS) is 11.2. The quantitative estimate of drug-likeness (QED) is 0.709. The number of hydrogen-bond acceptors (Lipinski definition) is 5. The van der Waals surface area contributed by atoms with Crippen molar-refractivity contribution in [2.24, 2.45) is 0 Å². The van der Waals surface area contributed by atoms with Gasteiger partial charge in [-0.25, -0.2) is 8.42 Å². The van der Waals surface area contributed by atoms with Crippen LogP contribution in [0.25, 0.3) is 0 Å². The molecule has 0 radical (unpaired) electrons. The first kappa shape index (κ1) is 15.9. The zero-order valence-corrected chi connectivity index (χ0v) is 13.5. The Labute approximate surface area is 140 Å². The second kappa shape index (κ2) is 6.25. The molecule has 0 unspecified atom stereocenters. The topological polar surface area (TPSA) is 95.4 Å². The highest BCUT2D eigenvalue weighted by Crippen LogP contribution is 2.40. The highest BCUT2D eigenvalue weighted by Gasteiger charge is 2.25. The van der Waals surface area contributed by atoms with Crippen LogP contribution in [0.4, 0.5) is 11.4 Å². The van der Waals surface area contributed by atoms with Gasteiger partial charge in [0.2, 0.25) is 9.84 Å². The van der Waals surface area contributed by atoms with E-state index in [1.54, 1.807) is 42.5 Å². The van der Waals surface area contributed by atoms with Gasteiger partial charge in [0.05, 0.1) is 16.3 Å². The summed E-state index contributed by atoms with van der Waals surface area (Å²) in [6, 6.07) is 19.8. The van der Waals surface area contributed by atoms with E-state index in [1.165, 1.54) is 24.3 Å². The molecule has 0 bridgehead atoms. The van der Waals surface area contributed by atoms with Crippen LogP contribution in [0.1, 0.15) is 0 Å². The van der Waals surface area contributed by atoms with Crippen LogP contribution in [0.2, 0.25) is 0 Å². The van der Waals surface area contributed by atoms with Crippen molar-refractivity contribution >= 4 is 21.2 Å². The van der Waals surface area contributed by atoms with Crippen LogP contribution in [-0.2, 0) is 9.84 Å². The molecule has 5 nitrogen and oxygen atoms in total. The van der Waals surface area contributed by atoms with Gasteiger partial charge >= 0.3 is 0 Å². The Morgan fingerprint density at radius 3 is 1.96 bits per heavy atom. The van der Waals surface area contributed by atoms with Gasteiger partial charge in [0.15, 0.2) is 5.75 Å². The summed E-state index contributed by atoms with van der Waals surface area (Å²) in [5.41, 5.74) is 12.2. The molecule has 0 fully saturated rings. The van der Waals surface area contributed by atoms with Gasteiger partial charge < -0.3 is 16.2 Å². The maximum atomic E-state index is 12.9. The summed E-state index contributed by atoms with van der Waals surface area (Å²) in [4.78, 5) is 0.135. The maximum absolute atomic E-state index is 12.9. The van der Waals surface area contributed by atoms with E-state index in [0.717, 1.165) is 0 Å². The zero-order chi connectivity index (χ0) is 17.2. The van der Waals surface area contributed by atoms with Gasteiger partial charge in [-0.15, -0.1) is 0 Å². The third-order valence-electron chi connectivity index (χ3n) is 3.50. The lowest BCUT2D eigenvalue weighted by molar-refractivity contribution is 0.470. The van der Waals surface area contributed by atoms with Crippen molar-refractivity contribution in [1.29, 1.82) is 0 Å². The molecule has 122 valence electrons. The van der Waals surface area contributed by atoms with E-state index in [2.05, 4.69) is 0 Å². The van der Waals surface area contributed by atoms with Crippen molar-refractivity contribution in [2.75, 3.05) is 11.5 Å². The monoisotopic (exact) mass is 340 g/mol. The Balaban J connectivity index is 2.17. The maximum Gasteiger partial charge on any atom is 0.210 e. The first-order chi connectivity index (χ1) is 11.5. The van der Waals surface area contributed by atoms with Crippen molar-refractivity contribution in [3.8, 4) is 11.5 Å². The highest BCUT2D eigenvalue weighted by molar-refractivity contribution is 7.91. The van der Waals surface area contributed by atoms with Crippen LogP contribution in [-0.4, -0.2) is 8.42 Å². The van der Waals surface area contributed by atoms with E-state index in [-0.39, 0.29) is 26.9 Å². The summed E-state index contributed by atoms with van der Waals surface area (Å²) in [5.74, 6) is 0.504. The molecule has 3 rings (SSSR count). The molecule has 3 aromatic rings. The zero-order valence-electron chi connectivity index (χ0n) is 12.7. The molecule has 0 atom stereocenters. The third kappa shape index (κ3) is 2.91. The molecule has 3 aromatic carbocycles. The lowest BCUT2D eigenvalue weighted by Crippen LogP contribution is -2.07. The van der Waals surface area contributed by atoms with Crippen LogP contribution < -0.4 is 16.2 Å². The molecule has 0 heterocycles. The molecule has 0 aliphatic carbocycles. The Bertz CT molecular complexity index is 956. The van der Waals surface area contributed by atoms with Crippen LogP contribution in [0.15, 0.2) is 82.6 Å². The summed E-state index contributed by atoms with van der Waals surface area (Å²) in [7, 11) is -3.79. The molecule has 0 amide bonds. The molecular formula is C18H16N2O3S. The highest BCUT2D eigenvalue weighted by atomic mass is 32.2. The van der Waals surface area contributed by atoms with Gasteiger partial charge in [0.1, 0.15) is 10.6 Å². The number of ether oxygens (including phenoxy) is 1. The standard InChI is InChI=1S/C18H16N2O3S/c19-15-11-12-16(24(21,22)14-9-5-2-6-10-14)18(17(15)20)23-13-7-3-1-4-8-13/h1-12H,19-20H2. The predicted octanol–water partition coefficient (Wildman–Crippen LogP) is 3.48. The van der Waals surface area contributed by atoms with Crippen LogP contribution in [0.3, 0.4) is 0 Å². The van der Waals surface area contributed by atoms with E-state index in [1.807, 2.05) is 6.07 Å². The van der Waals surface area contributed by atoms with Crippen molar-refractivity contribution in [3.05, 3.63) is 72.8 Å². The Morgan fingerprint density at radius 1 is 0.750 bits per heavy atom. The smallest absolute Gasteiger partial charge is 0.210 e.